The van der Waals surface area contributed by atoms with Gasteiger partial charge in [0.25, 0.3) is 0 Å². The van der Waals surface area contributed by atoms with Crippen molar-refractivity contribution >= 4 is 22.8 Å². The minimum atomic E-state index is -0.992. The first-order chi connectivity index (χ1) is 13.9. The second kappa shape index (κ2) is 7.77. The molecule has 8 heteroatoms. The van der Waals surface area contributed by atoms with E-state index in [0.29, 0.717) is 30.2 Å². The lowest BCUT2D eigenvalue weighted by Gasteiger charge is -2.16. The molecule has 152 valence electrons. The van der Waals surface area contributed by atoms with Gasteiger partial charge in [-0.25, -0.2) is 23.2 Å². The van der Waals surface area contributed by atoms with Crippen molar-refractivity contribution < 1.29 is 13.6 Å². The number of nitrogens with zero attached hydrogens (tertiary/aromatic N) is 4. The number of carbonyl (C=O) groups is 1. The summed E-state index contributed by atoms with van der Waals surface area (Å²) in [6, 6.07) is 5.87. The fourth-order valence-electron chi connectivity index (χ4n) is 3.54. The molecule has 1 fully saturated rings. The Kier molecular flexibility index (Phi) is 5.17. The number of urea groups is 1. The monoisotopic (exact) mass is 399 g/mol. The average Bonchev–Trinajstić information content (AvgIpc) is 3.28. The van der Waals surface area contributed by atoms with E-state index < -0.39 is 18.0 Å². The molecule has 4 rings (SSSR count). The zero-order valence-electron chi connectivity index (χ0n) is 16.4. The summed E-state index contributed by atoms with van der Waals surface area (Å²) in [5, 5.41) is 7.89. The molecule has 29 heavy (non-hydrogen) atoms. The van der Waals surface area contributed by atoms with Crippen LogP contribution in [0.1, 0.15) is 25.8 Å². The Hall–Kier alpha value is -3.03. The third-order valence-corrected chi connectivity index (χ3v) is 4.92. The van der Waals surface area contributed by atoms with E-state index in [1.165, 1.54) is 27.8 Å². The molecule has 6 nitrogen and oxygen atoms in total. The number of amides is 2. The average molecular weight is 399 g/mol. The number of pyridine rings is 1. The number of nitrogens with one attached hydrogen (secondary N) is 1. The molecule has 3 heterocycles. The van der Waals surface area contributed by atoms with Crippen LogP contribution in [0.5, 0.6) is 0 Å². The molecule has 3 aromatic rings. The number of halogens is 2. The van der Waals surface area contributed by atoms with Crippen molar-refractivity contribution in [3.63, 3.8) is 0 Å². The maximum absolute atomic E-state index is 14.5. The van der Waals surface area contributed by atoms with E-state index in [4.69, 9.17) is 0 Å². The van der Waals surface area contributed by atoms with Crippen molar-refractivity contribution in [2.45, 2.75) is 32.9 Å². The van der Waals surface area contributed by atoms with Gasteiger partial charge in [0.05, 0.1) is 6.54 Å². The molecular formula is C21H23F2N5O. The predicted octanol–water partition coefficient (Wildman–Crippen LogP) is 4.33. The fraction of sp³-hybridized carbons (Fsp3) is 0.381. The van der Waals surface area contributed by atoms with E-state index in [-0.39, 0.29) is 12.2 Å². The molecule has 1 aliphatic rings. The Morgan fingerprint density at radius 1 is 1.34 bits per heavy atom. The van der Waals surface area contributed by atoms with Gasteiger partial charge < -0.3 is 10.2 Å². The highest BCUT2D eigenvalue weighted by molar-refractivity contribution is 5.90. The summed E-state index contributed by atoms with van der Waals surface area (Å²) in [6.45, 7) is 4.72. The minimum absolute atomic E-state index is 0.0782. The Morgan fingerprint density at radius 2 is 2.17 bits per heavy atom. The van der Waals surface area contributed by atoms with E-state index >= 15 is 0 Å². The Bertz CT molecular complexity index is 1050. The van der Waals surface area contributed by atoms with Crippen LogP contribution in [0, 0.1) is 11.7 Å². The first-order valence-electron chi connectivity index (χ1n) is 9.73. The van der Waals surface area contributed by atoms with Crippen molar-refractivity contribution in [2.24, 2.45) is 5.92 Å². The SMILES string of the molecule is CC(C)Cc1cnc2nn(-c3cc(NC(=O)N4CC[C@@H](F)C4)ccc3F)cc2c1. The Morgan fingerprint density at radius 3 is 2.90 bits per heavy atom. The van der Waals surface area contributed by atoms with Crippen molar-refractivity contribution in [1.82, 2.24) is 19.7 Å². The van der Waals surface area contributed by atoms with Gasteiger partial charge in [0.15, 0.2) is 5.65 Å². The first kappa shape index (κ1) is 19.3. The Labute approximate surface area is 167 Å². The van der Waals surface area contributed by atoms with Crippen LogP contribution in [-0.2, 0) is 6.42 Å². The standard InChI is InChI=1S/C21H23F2N5O/c1-13(2)7-14-8-15-11-28(26-20(15)24-10-14)19-9-17(3-4-18(19)23)25-21(29)27-6-5-16(22)12-27/h3-4,8-11,13,16H,5-7,12H2,1-2H3,(H,25,29)/t16-/m1/s1. The summed E-state index contributed by atoms with van der Waals surface area (Å²) < 4.78 is 29.2. The quantitative estimate of drug-likeness (QED) is 0.710. The molecule has 0 bridgehead atoms. The molecule has 1 N–H and O–H groups in total. The van der Waals surface area contributed by atoms with Gasteiger partial charge >= 0.3 is 6.03 Å². The van der Waals surface area contributed by atoms with Crippen LogP contribution in [0.4, 0.5) is 19.3 Å². The number of hydrogen-bond acceptors (Lipinski definition) is 3. The normalized spacial score (nSPS) is 16.7. The van der Waals surface area contributed by atoms with Crippen molar-refractivity contribution in [3.05, 3.63) is 48.0 Å². The van der Waals surface area contributed by atoms with Gasteiger partial charge in [-0.2, -0.15) is 0 Å². The number of rotatable bonds is 4. The molecule has 1 atom stereocenters. The highest BCUT2D eigenvalue weighted by Crippen LogP contribution is 2.23. The third-order valence-electron chi connectivity index (χ3n) is 4.92. The predicted molar refractivity (Wildman–Crippen MR) is 107 cm³/mol. The number of hydrogen-bond donors (Lipinski definition) is 1. The van der Waals surface area contributed by atoms with Crippen LogP contribution in [-0.4, -0.2) is 45.0 Å². The highest BCUT2D eigenvalue weighted by Gasteiger charge is 2.26. The summed E-state index contributed by atoms with van der Waals surface area (Å²) in [5.41, 5.74) is 2.25. The van der Waals surface area contributed by atoms with Crippen LogP contribution in [0.3, 0.4) is 0 Å². The molecular weight excluding hydrogens is 376 g/mol. The van der Waals surface area contributed by atoms with Crippen molar-refractivity contribution in [1.29, 1.82) is 0 Å². The van der Waals surface area contributed by atoms with Crippen LogP contribution >= 0.6 is 0 Å². The maximum Gasteiger partial charge on any atom is 0.321 e. The van der Waals surface area contributed by atoms with E-state index in [9.17, 15) is 13.6 Å². The zero-order valence-corrected chi connectivity index (χ0v) is 16.4. The van der Waals surface area contributed by atoms with Crippen LogP contribution in [0.2, 0.25) is 0 Å². The number of aromatic nitrogens is 3. The molecule has 0 saturated carbocycles. The molecule has 1 aliphatic heterocycles. The number of likely N-dealkylation sites (tertiary alicyclic amines) is 1. The molecule has 0 radical (unpaired) electrons. The third kappa shape index (κ3) is 4.21. The van der Waals surface area contributed by atoms with Crippen LogP contribution in [0.25, 0.3) is 16.7 Å². The maximum atomic E-state index is 14.5. The summed E-state index contributed by atoms with van der Waals surface area (Å²) >= 11 is 0. The number of alkyl halides is 1. The second-order valence-corrected chi connectivity index (χ2v) is 7.86. The van der Waals surface area contributed by atoms with Crippen molar-refractivity contribution in [2.75, 3.05) is 18.4 Å². The molecule has 0 spiro atoms. The number of benzene rings is 1. The first-order valence-corrected chi connectivity index (χ1v) is 9.73. The Balaban J connectivity index is 1.59. The molecule has 0 aliphatic carbocycles. The fourth-order valence-corrected chi connectivity index (χ4v) is 3.54. The van der Waals surface area contributed by atoms with Crippen molar-refractivity contribution in [3.8, 4) is 5.69 Å². The molecule has 1 aromatic carbocycles. The number of carbonyl (C=O) groups excluding carboxylic acids is 1. The number of anilines is 1. The molecule has 2 aromatic heterocycles. The zero-order chi connectivity index (χ0) is 20.5. The van der Waals surface area contributed by atoms with Gasteiger partial charge in [-0.3, -0.25) is 0 Å². The summed E-state index contributed by atoms with van der Waals surface area (Å²) in [5.74, 6) is 0.0357. The topological polar surface area (TPSA) is 63.1 Å². The summed E-state index contributed by atoms with van der Waals surface area (Å²) in [7, 11) is 0. The van der Waals surface area contributed by atoms with Gasteiger partial charge in [0.1, 0.15) is 17.7 Å². The van der Waals surface area contributed by atoms with E-state index in [2.05, 4.69) is 29.2 Å². The summed E-state index contributed by atoms with van der Waals surface area (Å²) in [6.07, 6.45) is 3.77. The minimum Gasteiger partial charge on any atom is -0.322 e. The largest absolute Gasteiger partial charge is 0.322 e. The van der Waals surface area contributed by atoms with E-state index in [1.807, 2.05) is 6.07 Å². The van der Waals surface area contributed by atoms with Gasteiger partial charge in [0, 0.05) is 30.0 Å². The number of fused-ring (bicyclic) bond motifs is 1. The smallest absolute Gasteiger partial charge is 0.321 e. The lowest BCUT2D eigenvalue weighted by atomic mass is 10.0. The van der Waals surface area contributed by atoms with Gasteiger partial charge in [-0.15, -0.1) is 5.10 Å². The lowest BCUT2D eigenvalue weighted by molar-refractivity contribution is 0.218. The van der Waals surface area contributed by atoms with E-state index in [0.717, 1.165) is 17.4 Å². The van der Waals surface area contributed by atoms with Crippen LogP contribution < -0.4 is 5.32 Å². The molecule has 0 unspecified atom stereocenters. The molecule has 2 amide bonds. The van der Waals surface area contributed by atoms with Crippen LogP contribution in [0.15, 0.2) is 36.7 Å². The van der Waals surface area contributed by atoms with E-state index in [1.54, 1.807) is 12.4 Å². The van der Waals surface area contributed by atoms with Gasteiger partial charge in [-0.05, 0) is 48.6 Å². The molecule has 1 saturated heterocycles. The van der Waals surface area contributed by atoms with Gasteiger partial charge in [-0.1, -0.05) is 13.8 Å². The van der Waals surface area contributed by atoms with Gasteiger partial charge in [0.2, 0.25) is 0 Å². The summed E-state index contributed by atoms with van der Waals surface area (Å²) in [4.78, 5) is 18.1. The highest BCUT2D eigenvalue weighted by atomic mass is 19.1. The lowest BCUT2D eigenvalue weighted by Crippen LogP contribution is -2.33. The second-order valence-electron chi connectivity index (χ2n) is 7.86.